The number of aromatic hydroxyl groups is 1. The van der Waals surface area contributed by atoms with Crippen LogP contribution >= 0.6 is 7.60 Å². The average molecular weight is 388 g/mol. The first-order chi connectivity index (χ1) is 12.6. The third kappa shape index (κ3) is 5.22. The van der Waals surface area contributed by atoms with Crippen molar-refractivity contribution in [2.75, 3.05) is 6.35 Å². The second kappa shape index (κ2) is 8.11. The molecule has 0 aliphatic heterocycles. The lowest BCUT2D eigenvalue weighted by Crippen LogP contribution is -2.00. The molecule has 0 bridgehead atoms. The van der Waals surface area contributed by atoms with Crippen LogP contribution in [0.5, 0.6) is 23.0 Å². The van der Waals surface area contributed by atoms with Crippen LogP contribution in [0.1, 0.15) is 36.5 Å². The first-order valence-electron chi connectivity index (χ1n) is 7.81. The highest BCUT2D eigenvalue weighted by atomic mass is 31.2. The minimum atomic E-state index is -4.41. The van der Waals surface area contributed by atoms with Crippen LogP contribution in [0, 0.1) is 22.7 Å². The summed E-state index contributed by atoms with van der Waals surface area (Å²) in [5.41, 5.74) is 0.578. The van der Waals surface area contributed by atoms with Crippen molar-refractivity contribution in [1.82, 2.24) is 0 Å². The molecule has 0 saturated heterocycles. The first kappa shape index (κ1) is 20.3. The third-order valence-electron chi connectivity index (χ3n) is 3.54. The van der Waals surface area contributed by atoms with E-state index in [9.17, 15) is 20.2 Å². The highest BCUT2D eigenvalue weighted by Gasteiger charge is 2.18. The number of nitrogens with zero attached hydrogens (tertiary/aromatic N) is 2. The van der Waals surface area contributed by atoms with E-state index < -0.39 is 13.9 Å². The Balaban J connectivity index is 2.42. The molecule has 0 aromatic heterocycles. The van der Waals surface area contributed by atoms with E-state index in [-0.39, 0.29) is 34.3 Å². The van der Waals surface area contributed by atoms with Gasteiger partial charge in [-0.2, -0.15) is 10.5 Å². The van der Waals surface area contributed by atoms with Crippen LogP contribution in [0.15, 0.2) is 30.3 Å². The van der Waals surface area contributed by atoms with Crippen LogP contribution in [0.25, 0.3) is 0 Å². The summed E-state index contributed by atoms with van der Waals surface area (Å²) in [6.07, 6.45) is -0.876. The molecule has 0 spiro atoms. The Kier molecular flexibility index (Phi) is 6.09. The van der Waals surface area contributed by atoms with E-state index in [2.05, 4.69) is 0 Å². The van der Waals surface area contributed by atoms with Crippen LogP contribution in [-0.2, 0) is 4.57 Å². The molecule has 0 amide bonds. The van der Waals surface area contributed by atoms with Crippen LogP contribution in [0.2, 0.25) is 0 Å². The molecule has 8 nitrogen and oxygen atoms in total. The zero-order valence-electron chi connectivity index (χ0n) is 14.6. The molecule has 0 radical (unpaired) electrons. The average Bonchev–Trinajstić information content (AvgIpc) is 2.61. The van der Waals surface area contributed by atoms with Gasteiger partial charge in [-0.05, 0) is 24.1 Å². The lowest BCUT2D eigenvalue weighted by atomic mass is 10.0. The van der Waals surface area contributed by atoms with Gasteiger partial charge in [0.05, 0.1) is 11.1 Å². The lowest BCUT2D eigenvalue weighted by molar-refractivity contribution is 0.300. The molecule has 0 saturated carbocycles. The number of hydrogen-bond donors (Lipinski definition) is 3. The van der Waals surface area contributed by atoms with Crippen LogP contribution in [0.3, 0.4) is 0 Å². The molecule has 27 heavy (non-hydrogen) atoms. The van der Waals surface area contributed by atoms with E-state index in [1.54, 1.807) is 6.07 Å². The fourth-order valence-corrected chi connectivity index (χ4v) is 2.61. The number of ether oxygens (including phenoxy) is 2. The topological polar surface area (TPSA) is 144 Å². The summed E-state index contributed by atoms with van der Waals surface area (Å²) in [7, 11) is -4.41. The molecule has 0 fully saturated rings. The summed E-state index contributed by atoms with van der Waals surface area (Å²) < 4.78 is 21.6. The van der Waals surface area contributed by atoms with E-state index >= 15 is 0 Å². The largest absolute Gasteiger partial charge is 0.508 e. The van der Waals surface area contributed by atoms with Crippen molar-refractivity contribution in [1.29, 1.82) is 10.5 Å². The maximum absolute atomic E-state index is 10.9. The van der Waals surface area contributed by atoms with Gasteiger partial charge in [-0.25, -0.2) is 0 Å². The van der Waals surface area contributed by atoms with Crippen molar-refractivity contribution in [2.45, 2.75) is 19.8 Å². The summed E-state index contributed by atoms with van der Waals surface area (Å²) >= 11 is 0. The number of rotatable bonds is 6. The maximum Gasteiger partial charge on any atom is 0.362 e. The smallest absolute Gasteiger partial charge is 0.362 e. The fourth-order valence-electron chi connectivity index (χ4n) is 2.30. The zero-order valence-corrected chi connectivity index (χ0v) is 15.5. The predicted octanol–water partition coefficient (Wildman–Crippen LogP) is 3.57. The second-order valence-corrected chi connectivity index (χ2v) is 7.57. The summed E-state index contributed by atoms with van der Waals surface area (Å²) in [5.74, 6) is 0.423. The lowest BCUT2D eigenvalue weighted by Gasteiger charge is -2.14. The normalized spacial score (nSPS) is 10.9. The predicted molar refractivity (Wildman–Crippen MR) is 95.7 cm³/mol. The van der Waals surface area contributed by atoms with Crippen molar-refractivity contribution < 1.29 is 28.9 Å². The Morgan fingerprint density at radius 2 is 1.67 bits per heavy atom. The zero-order chi connectivity index (χ0) is 20.2. The Hall–Kier alpha value is -3.03. The summed E-state index contributed by atoms with van der Waals surface area (Å²) in [6, 6.07) is 10.8. The van der Waals surface area contributed by atoms with E-state index in [1.807, 2.05) is 26.0 Å². The standard InChI is InChI=1S/C18H17N2O6P/c1-11(2)16-7-14(3-4-17(16)21)26-18-12(8-19)5-15(6-13(18)9-20)25-10-27(22,23)24/h3-7,11,21H,10H2,1-2H3,(H2,22,23,24). The molecule has 0 atom stereocenters. The first-order valence-corrected chi connectivity index (χ1v) is 9.60. The van der Waals surface area contributed by atoms with E-state index in [1.165, 1.54) is 24.3 Å². The summed E-state index contributed by atoms with van der Waals surface area (Å²) in [4.78, 5) is 17.8. The molecule has 0 aliphatic rings. The number of benzene rings is 2. The number of nitriles is 2. The van der Waals surface area contributed by atoms with Crippen molar-refractivity contribution in [3.8, 4) is 35.1 Å². The fraction of sp³-hybridized carbons (Fsp3) is 0.222. The van der Waals surface area contributed by atoms with E-state index in [0.717, 1.165) is 0 Å². The van der Waals surface area contributed by atoms with Gasteiger partial charge in [-0.15, -0.1) is 0 Å². The van der Waals surface area contributed by atoms with Gasteiger partial charge in [0.15, 0.2) is 12.1 Å². The van der Waals surface area contributed by atoms with Crippen molar-refractivity contribution in [3.63, 3.8) is 0 Å². The van der Waals surface area contributed by atoms with Crippen LogP contribution in [-0.4, -0.2) is 21.2 Å². The van der Waals surface area contributed by atoms with E-state index in [0.29, 0.717) is 11.3 Å². The molecule has 0 heterocycles. The van der Waals surface area contributed by atoms with Gasteiger partial charge < -0.3 is 24.4 Å². The van der Waals surface area contributed by atoms with Crippen molar-refractivity contribution >= 4 is 7.60 Å². The molecule has 0 unspecified atom stereocenters. The highest BCUT2D eigenvalue weighted by molar-refractivity contribution is 7.51. The SMILES string of the molecule is CC(C)c1cc(Oc2c(C#N)cc(OCP(=O)(O)O)cc2C#N)ccc1O. The van der Waals surface area contributed by atoms with Crippen molar-refractivity contribution in [2.24, 2.45) is 0 Å². The quantitative estimate of drug-likeness (QED) is 0.637. The Labute approximate surface area is 156 Å². The Morgan fingerprint density at radius 1 is 1.07 bits per heavy atom. The maximum atomic E-state index is 10.9. The molecular weight excluding hydrogens is 371 g/mol. The number of phenols is 1. The molecular formula is C18H17N2O6P. The third-order valence-corrected chi connectivity index (χ3v) is 4.01. The highest BCUT2D eigenvalue weighted by Crippen LogP contribution is 2.38. The van der Waals surface area contributed by atoms with Gasteiger partial charge in [0, 0.05) is 17.7 Å². The molecule has 0 aliphatic carbocycles. The summed E-state index contributed by atoms with van der Waals surface area (Å²) in [6.45, 7) is 3.79. The Morgan fingerprint density at radius 3 is 2.15 bits per heavy atom. The van der Waals surface area contributed by atoms with Gasteiger partial charge in [0.2, 0.25) is 0 Å². The minimum absolute atomic E-state index is 0.0103. The monoisotopic (exact) mass is 388 g/mol. The molecule has 2 rings (SSSR count). The number of phenolic OH excluding ortho intramolecular Hbond substituents is 1. The number of hydrogen-bond acceptors (Lipinski definition) is 6. The molecule has 2 aromatic carbocycles. The van der Waals surface area contributed by atoms with Gasteiger partial charge in [-0.3, -0.25) is 4.57 Å². The van der Waals surface area contributed by atoms with Gasteiger partial charge in [0.25, 0.3) is 0 Å². The summed E-state index contributed by atoms with van der Waals surface area (Å²) in [5, 5.41) is 28.6. The van der Waals surface area contributed by atoms with Gasteiger partial charge in [-0.1, -0.05) is 13.8 Å². The van der Waals surface area contributed by atoms with Crippen molar-refractivity contribution in [3.05, 3.63) is 47.0 Å². The molecule has 140 valence electrons. The second-order valence-electron chi connectivity index (χ2n) is 5.99. The van der Waals surface area contributed by atoms with E-state index in [4.69, 9.17) is 19.3 Å². The molecule has 3 N–H and O–H groups in total. The molecule has 2 aromatic rings. The van der Waals surface area contributed by atoms with Crippen LogP contribution < -0.4 is 9.47 Å². The van der Waals surface area contributed by atoms with Crippen LogP contribution in [0.4, 0.5) is 0 Å². The minimum Gasteiger partial charge on any atom is -0.508 e. The Bertz CT molecular complexity index is 949. The van der Waals surface area contributed by atoms with Gasteiger partial charge in [0.1, 0.15) is 29.4 Å². The molecule has 9 heteroatoms. The van der Waals surface area contributed by atoms with Gasteiger partial charge >= 0.3 is 7.60 Å².